The molecule has 1 heterocycles. The van der Waals surface area contributed by atoms with Crippen molar-refractivity contribution in [3.8, 4) is 6.07 Å². The van der Waals surface area contributed by atoms with Crippen LogP contribution in [0.3, 0.4) is 0 Å². The highest BCUT2D eigenvalue weighted by Gasteiger charge is 2.12. The summed E-state index contributed by atoms with van der Waals surface area (Å²) in [5.41, 5.74) is 3.62. The third-order valence-electron chi connectivity index (χ3n) is 3.53. The maximum Gasteiger partial charge on any atom is 0.253 e. The van der Waals surface area contributed by atoms with Crippen molar-refractivity contribution < 1.29 is 4.79 Å². The van der Waals surface area contributed by atoms with Gasteiger partial charge in [0, 0.05) is 23.4 Å². The van der Waals surface area contributed by atoms with E-state index in [0.29, 0.717) is 16.7 Å². The van der Waals surface area contributed by atoms with Gasteiger partial charge in [0.05, 0.1) is 11.6 Å². The van der Waals surface area contributed by atoms with Gasteiger partial charge in [0.15, 0.2) is 0 Å². The van der Waals surface area contributed by atoms with Crippen molar-refractivity contribution in [3.05, 3.63) is 68.1 Å². The number of amides is 1. The molecule has 1 amide bonds. The zero-order chi connectivity index (χ0) is 16.3. The Hall–Kier alpha value is -2.87. The molecule has 0 aliphatic heterocycles. The molecule has 0 bridgehead atoms. The van der Waals surface area contributed by atoms with Crippen LogP contribution in [0.5, 0.6) is 0 Å². The first-order valence-electron chi connectivity index (χ1n) is 6.90. The molecule has 1 aromatic heterocycles. The lowest BCUT2D eigenvalue weighted by Crippen LogP contribution is -2.28. The molecular weight excluding hydrogens is 278 g/mol. The number of nitriles is 1. The molecule has 0 saturated heterocycles. The molecule has 0 aliphatic rings. The van der Waals surface area contributed by atoms with Gasteiger partial charge in [-0.2, -0.15) is 5.26 Å². The van der Waals surface area contributed by atoms with Crippen LogP contribution in [0.1, 0.15) is 38.3 Å². The quantitative estimate of drug-likeness (QED) is 0.909. The Morgan fingerprint density at radius 1 is 1.23 bits per heavy atom. The topological polar surface area (TPSA) is 85.8 Å². The lowest BCUT2D eigenvalue weighted by atomic mass is 10.0. The molecule has 0 unspecified atom stereocenters. The molecule has 22 heavy (non-hydrogen) atoms. The lowest BCUT2D eigenvalue weighted by Gasteiger charge is -2.10. The van der Waals surface area contributed by atoms with Gasteiger partial charge in [0.2, 0.25) is 0 Å². The van der Waals surface area contributed by atoms with E-state index in [1.807, 2.05) is 26.0 Å². The average molecular weight is 295 g/mol. The van der Waals surface area contributed by atoms with Gasteiger partial charge in [-0.1, -0.05) is 6.07 Å². The summed E-state index contributed by atoms with van der Waals surface area (Å²) in [7, 11) is 0. The van der Waals surface area contributed by atoms with Crippen LogP contribution in [-0.4, -0.2) is 10.9 Å². The van der Waals surface area contributed by atoms with Gasteiger partial charge in [0.25, 0.3) is 11.5 Å². The summed E-state index contributed by atoms with van der Waals surface area (Å²) in [5, 5.41) is 11.7. The number of aromatic nitrogens is 1. The van der Waals surface area contributed by atoms with Crippen molar-refractivity contribution in [1.82, 2.24) is 10.3 Å². The van der Waals surface area contributed by atoms with Crippen LogP contribution in [0.15, 0.2) is 29.1 Å². The molecule has 0 atom stereocenters. The van der Waals surface area contributed by atoms with E-state index in [9.17, 15) is 9.59 Å². The van der Waals surface area contributed by atoms with Crippen LogP contribution in [0.25, 0.3) is 0 Å². The number of nitrogens with one attached hydrogen (secondary N) is 2. The second-order valence-electron chi connectivity index (χ2n) is 5.27. The van der Waals surface area contributed by atoms with Crippen molar-refractivity contribution in [1.29, 1.82) is 5.26 Å². The molecule has 0 saturated carbocycles. The molecule has 0 fully saturated rings. The van der Waals surface area contributed by atoms with E-state index in [1.54, 1.807) is 25.1 Å². The van der Waals surface area contributed by atoms with Gasteiger partial charge in [-0.25, -0.2) is 0 Å². The predicted molar refractivity (Wildman–Crippen MR) is 83.6 cm³/mol. The Morgan fingerprint density at radius 2 is 1.95 bits per heavy atom. The van der Waals surface area contributed by atoms with Gasteiger partial charge < -0.3 is 10.3 Å². The maximum absolute atomic E-state index is 12.3. The van der Waals surface area contributed by atoms with E-state index in [-0.39, 0.29) is 18.0 Å². The highest BCUT2D eigenvalue weighted by Crippen LogP contribution is 2.11. The predicted octanol–water partition coefficient (Wildman–Crippen LogP) is 2.10. The number of aryl methyl sites for hydroxylation is 3. The zero-order valence-electron chi connectivity index (χ0n) is 12.8. The van der Waals surface area contributed by atoms with Crippen LogP contribution < -0.4 is 10.9 Å². The zero-order valence-corrected chi connectivity index (χ0v) is 12.8. The Labute approximate surface area is 128 Å². The second kappa shape index (κ2) is 6.27. The van der Waals surface area contributed by atoms with Gasteiger partial charge in [-0.15, -0.1) is 0 Å². The van der Waals surface area contributed by atoms with Crippen LogP contribution in [0.4, 0.5) is 0 Å². The van der Waals surface area contributed by atoms with Gasteiger partial charge in [-0.05, 0) is 50.1 Å². The van der Waals surface area contributed by atoms with Crippen LogP contribution in [0, 0.1) is 32.1 Å². The number of nitrogens with zero attached hydrogens (tertiary/aromatic N) is 1. The molecular formula is C17H17N3O2. The number of H-pyrrole nitrogens is 1. The smallest absolute Gasteiger partial charge is 0.253 e. The third-order valence-corrected chi connectivity index (χ3v) is 3.53. The van der Waals surface area contributed by atoms with E-state index >= 15 is 0 Å². The first-order chi connectivity index (χ1) is 10.4. The number of benzene rings is 1. The van der Waals surface area contributed by atoms with Crippen LogP contribution in [0.2, 0.25) is 0 Å². The molecule has 5 heteroatoms. The number of aromatic amines is 1. The number of carbonyl (C=O) groups excluding carboxylic acids is 1. The summed E-state index contributed by atoms with van der Waals surface area (Å²) in [5.74, 6) is -0.297. The number of pyridine rings is 1. The molecule has 2 rings (SSSR count). The van der Waals surface area contributed by atoms with Crippen molar-refractivity contribution in [2.45, 2.75) is 27.3 Å². The van der Waals surface area contributed by atoms with Crippen molar-refractivity contribution >= 4 is 5.91 Å². The average Bonchev–Trinajstić information content (AvgIpc) is 2.46. The molecule has 0 radical (unpaired) electrons. The van der Waals surface area contributed by atoms with E-state index in [2.05, 4.69) is 10.3 Å². The van der Waals surface area contributed by atoms with Gasteiger partial charge >= 0.3 is 0 Å². The fraction of sp³-hybridized carbons (Fsp3) is 0.235. The highest BCUT2D eigenvalue weighted by atomic mass is 16.1. The molecule has 0 aliphatic carbocycles. The fourth-order valence-electron chi connectivity index (χ4n) is 2.30. The van der Waals surface area contributed by atoms with E-state index < -0.39 is 0 Å². The Bertz CT molecular complexity index is 829. The fourth-order valence-corrected chi connectivity index (χ4v) is 2.30. The maximum atomic E-state index is 12.3. The first-order valence-corrected chi connectivity index (χ1v) is 6.90. The summed E-state index contributed by atoms with van der Waals surface area (Å²) in [4.78, 5) is 26.9. The lowest BCUT2D eigenvalue weighted by molar-refractivity contribution is 0.0950. The first kappa shape index (κ1) is 15.5. The standard InChI is InChI=1S/C17H17N3O2/c1-10-4-5-13(8-18)7-14(10)16(21)19-9-15-11(2)6-12(3)20-17(15)22/h4-7H,9H2,1-3H3,(H,19,21)(H,20,22). The normalized spacial score (nSPS) is 10.1. The van der Waals surface area contributed by atoms with Gasteiger partial charge in [0.1, 0.15) is 0 Å². The molecule has 112 valence electrons. The molecule has 2 N–H and O–H groups in total. The van der Waals surface area contributed by atoms with E-state index in [0.717, 1.165) is 16.8 Å². The second-order valence-corrected chi connectivity index (χ2v) is 5.27. The minimum Gasteiger partial charge on any atom is -0.348 e. The van der Waals surface area contributed by atoms with E-state index in [4.69, 9.17) is 5.26 Å². The SMILES string of the molecule is Cc1cc(C)c(CNC(=O)c2cc(C#N)ccc2C)c(=O)[nH]1. The van der Waals surface area contributed by atoms with Crippen LogP contribution in [-0.2, 0) is 6.54 Å². The molecule has 5 nitrogen and oxygen atoms in total. The number of carbonyl (C=O) groups is 1. The monoisotopic (exact) mass is 295 g/mol. The van der Waals surface area contributed by atoms with Crippen LogP contribution >= 0.6 is 0 Å². The van der Waals surface area contributed by atoms with Crippen molar-refractivity contribution in [3.63, 3.8) is 0 Å². The molecule has 1 aromatic carbocycles. The summed E-state index contributed by atoms with van der Waals surface area (Å²) in [6, 6.07) is 8.83. The summed E-state index contributed by atoms with van der Waals surface area (Å²) >= 11 is 0. The summed E-state index contributed by atoms with van der Waals surface area (Å²) in [6.07, 6.45) is 0. The largest absolute Gasteiger partial charge is 0.348 e. The molecule has 2 aromatic rings. The van der Waals surface area contributed by atoms with Crippen molar-refractivity contribution in [2.24, 2.45) is 0 Å². The minimum absolute atomic E-state index is 0.149. The van der Waals surface area contributed by atoms with E-state index in [1.165, 1.54) is 0 Å². The van der Waals surface area contributed by atoms with Gasteiger partial charge in [-0.3, -0.25) is 9.59 Å². The Morgan fingerprint density at radius 3 is 2.59 bits per heavy atom. The highest BCUT2D eigenvalue weighted by molar-refractivity contribution is 5.95. The number of rotatable bonds is 3. The third kappa shape index (κ3) is 3.23. The Kier molecular flexibility index (Phi) is 4.42. The number of hydrogen-bond acceptors (Lipinski definition) is 3. The van der Waals surface area contributed by atoms with Crippen molar-refractivity contribution in [2.75, 3.05) is 0 Å². The number of hydrogen-bond donors (Lipinski definition) is 2. The minimum atomic E-state index is -0.297. The summed E-state index contributed by atoms with van der Waals surface area (Å²) in [6.45, 7) is 5.61. The summed E-state index contributed by atoms with van der Waals surface area (Å²) < 4.78 is 0. The Balaban J connectivity index is 2.21. The molecule has 0 spiro atoms.